The fourth-order valence-electron chi connectivity index (χ4n) is 3.93. The van der Waals surface area contributed by atoms with Crippen molar-refractivity contribution in [3.8, 4) is 23.0 Å². The van der Waals surface area contributed by atoms with Crippen LogP contribution in [0, 0.1) is 0 Å². The number of sulfonamides is 2. The molecule has 0 aliphatic heterocycles. The Morgan fingerprint density at radius 3 is 1.35 bits per heavy atom. The van der Waals surface area contributed by atoms with Crippen molar-refractivity contribution in [1.82, 2.24) is 9.44 Å². The van der Waals surface area contributed by atoms with E-state index in [2.05, 4.69) is 9.44 Å². The summed E-state index contributed by atoms with van der Waals surface area (Å²) in [7, 11) is -2.47. The summed E-state index contributed by atoms with van der Waals surface area (Å²) in [6.45, 7) is 0. The number of methoxy groups -OCH3 is 4. The number of ether oxygens (including phenoxy) is 4. The fraction of sp³-hybridized carbons (Fsp3) is 0.455. The standard InChI is InChI=1S/C22H30N2O8S2/c1-29-15-9-11-19(31-3)21(13-15)33(25,26)23-17-7-5-6-8-18(17)24-34(27,28)22-14-16(30-2)10-12-20(22)32-4/h9-14,17-18,23-24H,5-8H2,1-4H3/t17-,18+. The molecular formula is C22H30N2O8S2. The zero-order valence-corrected chi connectivity index (χ0v) is 21.2. The number of benzene rings is 2. The number of rotatable bonds is 10. The molecule has 0 bridgehead atoms. The minimum atomic E-state index is -4.05. The van der Waals surface area contributed by atoms with Crippen LogP contribution in [0.3, 0.4) is 0 Å². The summed E-state index contributed by atoms with van der Waals surface area (Å²) in [6, 6.07) is 7.59. The summed E-state index contributed by atoms with van der Waals surface area (Å²) < 4.78 is 79.1. The average molecular weight is 515 g/mol. The van der Waals surface area contributed by atoms with Crippen LogP contribution in [0.4, 0.5) is 0 Å². The SMILES string of the molecule is COc1ccc(OC)c(S(=O)(=O)N[C@H]2CCCC[C@H]2NS(=O)(=O)c2cc(OC)ccc2OC)c1. The zero-order valence-electron chi connectivity index (χ0n) is 19.5. The molecule has 0 radical (unpaired) electrons. The van der Waals surface area contributed by atoms with E-state index in [-0.39, 0.29) is 21.3 Å². The molecule has 2 aromatic rings. The lowest BCUT2D eigenvalue weighted by molar-refractivity contribution is 0.338. The van der Waals surface area contributed by atoms with Crippen molar-refractivity contribution >= 4 is 20.0 Å². The van der Waals surface area contributed by atoms with Crippen molar-refractivity contribution in [3.05, 3.63) is 36.4 Å². The number of hydrogen-bond acceptors (Lipinski definition) is 8. The Morgan fingerprint density at radius 2 is 1.03 bits per heavy atom. The Morgan fingerprint density at radius 1 is 0.647 bits per heavy atom. The normalized spacial score (nSPS) is 18.8. The first-order valence-electron chi connectivity index (χ1n) is 10.6. The molecule has 1 aliphatic rings. The van der Waals surface area contributed by atoms with Gasteiger partial charge in [0.05, 0.1) is 28.4 Å². The fourth-order valence-corrected chi connectivity index (χ4v) is 6.92. The average Bonchev–Trinajstić information content (AvgIpc) is 2.84. The molecule has 0 spiro atoms. The van der Waals surface area contributed by atoms with Gasteiger partial charge in [0.1, 0.15) is 32.8 Å². The van der Waals surface area contributed by atoms with Gasteiger partial charge in [-0.3, -0.25) is 0 Å². The second-order valence-electron chi connectivity index (χ2n) is 7.77. The smallest absolute Gasteiger partial charge is 0.244 e. The summed E-state index contributed by atoms with van der Waals surface area (Å²) in [4.78, 5) is -0.174. The van der Waals surface area contributed by atoms with E-state index < -0.39 is 32.1 Å². The van der Waals surface area contributed by atoms with Crippen molar-refractivity contribution in [1.29, 1.82) is 0 Å². The molecule has 1 saturated carbocycles. The largest absolute Gasteiger partial charge is 0.497 e. The summed E-state index contributed by atoms with van der Waals surface area (Å²) in [5.41, 5.74) is 0. The van der Waals surface area contributed by atoms with Gasteiger partial charge in [-0.1, -0.05) is 12.8 Å². The molecule has 0 aromatic heterocycles. The highest BCUT2D eigenvalue weighted by molar-refractivity contribution is 7.90. The molecule has 1 fully saturated rings. The third-order valence-corrected chi connectivity index (χ3v) is 8.72. The second-order valence-corrected chi connectivity index (χ2v) is 11.1. The molecule has 0 heterocycles. The zero-order chi connectivity index (χ0) is 24.9. The van der Waals surface area contributed by atoms with Crippen LogP contribution in [-0.2, 0) is 20.0 Å². The quantitative estimate of drug-likeness (QED) is 0.494. The molecule has 2 atom stereocenters. The molecule has 34 heavy (non-hydrogen) atoms. The Labute approximate surface area is 200 Å². The van der Waals surface area contributed by atoms with Gasteiger partial charge in [-0.25, -0.2) is 26.3 Å². The minimum Gasteiger partial charge on any atom is -0.497 e. The predicted octanol–water partition coefficient (Wildman–Crippen LogP) is 2.29. The third-order valence-electron chi connectivity index (χ3n) is 5.70. The monoisotopic (exact) mass is 514 g/mol. The van der Waals surface area contributed by atoms with Crippen molar-refractivity contribution < 1.29 is 35.8 Å². The topological polar surface area (TPSA) is 129 Å². The van der Waals surface area contributed by atoms with Crippen LogP contribution in [0.5, 0.6) is 23.0 Å². The molecule has 10 nitrogen and oxygen atoms in total. The van der Waals surface area contributed by atoms with E-state index in [1.54, 1.807) is 12.1 Å². The molecule has 0 saturated heterocycles. The van der Waals surface area contributed by atoms with Crippen LogP contribution in [-0.4, -0.2) is 57.4 Å². The van der Waals surface area contributed by atoms with Gasteiger partial charge in [0.25, 0.3) is 0 Å². The van der Waals surface area contributed by atoms with Crippen molar-refractivity contribution in [2.75, 3.05) is 28.4 Å². The molecule has 2 aromatic carbocycles. The Balaban J connectivity index is 1.90. The van der Waals surface area contributed by atoms with Crippen LogP contribution in [0.2, 0.25) is 0 Å². The predicted molar refractivity (Wildman–Crippen MR) is 126 cm³/mol. The van der Waals surface area contributed by atoms with E-state index in [0.29, 0.717) is 24.3 Å². The van der Waals surface area contributed by atoms with Gasteiger partial charge in [-0.15, -0.1) is 0 Å². The highest BCUT2D eigenvalue weighted by Crippen LogP contribution is 2.31. The van der Waals surface area contributed by atoms with Crippen LogP contribution in [0.25, 0.3) is 0 Å². The Bertz CT molecular complexity index is 1120. The maximum atomic E-state index is 13.3. The Kier molecular flexibility index (Phi) is 8.29. The molecule has 0 unspecified atom stereocenters. The lowest BCUT2D eigenvalue weighted by atomic mass is 9.92. The Hall–Kier alpha value is -2.54. The van der Waals surface area contributed by atoms with E-state index in [1.165, 1.54) is 52.7 Å². The summed E-state index contributed by atoms with van der Waals surface area (Å²) >= 11 is 0. The van der Waals surface area contributed by atoms with E-state index in [0.717, 1.165) is 12.8 Å². The van der Waals surface area contributed by atoms with E-state index in [4.69, 9.17) is 18.9 Å². The maximum Gasteiger partial charge on any atom is 0.244 e. The maximum absolute atomic E-state index is 13.3. The van der Waals surface area contributed by atoms with Gasteiger partial charge >= 0.3 is 0 Å². The number of nitrogens with one attached hydrogen (secondary N) is 2. The van der Waals surface area contributed by atoms with Crippen LogP contribution >= 0.6 is 0 Å². The summed E-state index contributed by atoms with van der Waals surface area (Å²) in [6.07, 6.45) is 2.44. The highest BCUT2D eigenvalue weighted by atomic mass is 32.2. The van der Waals surface area contributed by atoms with Crippen molar-refractivity contribution in [3.63, 3.8) is 0 Å². The molecule has 1 aliphatic carbocycles. The van der Waals surface area contributed by atoms with Gasteiger partial charge in [0, 0.05) is 24.2 Å². The minimum absolute atomic E-state index is 0.0870. The van der Waals surface area contributed by atoms with Crippen molar-refractivity contribution in [2.45, 2.75) is 47.6 Å². The first-order valence-corrected chi connectivity index (χ1v) is 13.6. The first-order chi connectivity index (χ1) is 16.1. The molecule has 0 amide bonds. The van der Waals surface area contributed by atoms with Crippen molar-refractivity contribution in [2.24, 2.45) is 0 Å². The third kappa shape index (κ3) is 5.74. The van der Waals surface area contributed by atoms with Gasteiger partial charge in [0.2, 0.25) is 20.0 Å². The molecule has 12 heteroatoms. The molecule has 3 rings (SSSR count). The van der Waals surface area contributed by atoms with Crippen LogP contribution in [0.1, 0.15) is 25.7 Å². The van der Waals surface area contributed by atoms with Gasteiger partial charge in [-0.2, -0.15) is 0 Å². The van der Waals surface area contributed by atoms with Gasteiger partial charge in [0.15, 0.2) is 0 Å². The van der Waals surface area contributed by atoms with E-state index in [1.807, 2.05) is 0 Å². The summed E-state index contributed by atoms with van der Waals surface area (Å²) in [5, 5.41) is 0. The lowest BCUT2D eigenvalue weighted by Crippen LogP contribution is -2.53. The molecule has 2 N–H and O–H groups in total. The highest BCUT2D eigenvalue weighted by Gasteiger charge is 2.34. The molecule has 188 valence electrons. The van der Waals surface area contributed by atoms with Crippen LogP contribution in [0.15, 0.2) is 46.2 Å². The summed E-state index contributed by atoms with van der Waals surface area (Å²) in [5.74, 6) is 1.02. The van der Waals surface area contributed by atoms with Gasteiger partial charge in [-0.05, 0) is 37.1 Å². The number of hydrogen-bond donors (Lipinski definition) is 2. The lowest BCUT2D eigenvalue weighted by Gasteiger charge is -2.32. The molecular weight excluding hydrogens is 484 g/mol. The van der Waals surface area contributed by atoms with E-state index >= 15 is 0 Å². The first kappa shape index (κ1) is 26.1. The van der Waals surface area contributed by atoms with Gasteiger partial charge < -0.3 is 18.9 Å². The van der Waals surface area contributed by atoms with Crippen LogP contribution < -0.4 is 28.4 Å². The van der Waals surface area contributed by atoms with E-state index in [9.17, 15) is 16.8 Å². The second kappa shape index (κ2) is 10.8.